The summed E-state index contributed by atoms with van der Waals surface area (Å²) in [4.78, 5) is 14.8. The molecule has 6 fully saturated rings. The fraction of sp³-hybridized carbons (Fsp3) is 0.872. The van der Waals surface area contributed by atoms with Crippen molar-refractivity contribution in [1.29, 1.82) is 0 Å². The van der Waals surface area contributed by atoms with Gasteiger partial charge in [-0.3, -0.25) is 4.79 Å². The van der Waals surface area contributed by atoms with Crippen molar-refractivity contribution in [2.45, 2.75) is 151 Å². The van der Waals surface area contributed by atoms with Crippen molar-refractivity contribution in [2.24, 2.45) is 62.1 Å². The number of nitrogens with zero attached hydrogens (tertiary/aromatic N) is 2. The zero-order valence-corrected chi connectivity index (χ0v) is 29.8. The van der Waals surface area contributed by atoms with Crippen LogP contribution >= 0.6 is 0 Å². The van der Waals surface area contributed by atoms with Crippen molar-refractivity contribution >= 4 is 5.91 Å². The lowest BCUT2D eigenvalue weighted by Crippen LogP contribution is -2.68. The van der Waals surface area contributed by atoms with Crippen LogP contribution in [0, 0.1) is 69.0 Å². The Bertz CT molecular complexity index is 1380. The molecule has 12 atom stereocenters. The van der Waals surface area contributed by atoms with Gasteiger partial charge >= 0.3 is 0 Å². The molecule has 0 aromatic carbocycles. The number of fused-ring (bicyclic) bond motifs is 7. The SMILES string of the molecule is C=C(C)C1CCC2(C(=O)N[C@@H]3C[C@H](c4nnc(C)o4)C3(C)C)CCC3(C)C(CCC4C5(C)CCC(O)C(C)(C)C5CCC43C)C12. The van der Waals surface area contributed by atoms with E-state index in [1.807, 2.05) is 6.92 Å². The highest BCUT2D eigenvalue weighted by Crippen LogP contribution is 2.77. The van der Waals surface area contributed by atoms with Crippen LogP contribution in [-0.2, 0) is 4.79 Å². The summed E-state index contributed by atoms with van der Waals surface area (Å²) in [5, 5.41) is 23.1. The lowest BCUT2D eigenvalue weighted by atomic mass is 9.32. The molecular formula is C39H61N3O3. The number of nitrogens with one attached hydrogen (secondary N) is 1. The number of carbonyl (C=O) groups excluding carboxylic acids is 1. The third kappa shape index (κ3) is 4.05. The maximum absolute atomic E-state index is 14.8. The minimum absolute atomic E-state index is 0.0287. The third-order valence-corrected chi connectivity index (χ3v) is 16.9. The molecule has 0 spiro atoms. The Kier molecular flexibility index (Phi) is 7.03. The first-order chi connectivity index (χ1) is 20.9. The Hall–Kier alpha value is -1.69. The monoisotopic (exact) mass is 619 g/mol. The van der Waals surface area contributed by atoms with E-state index < -0.39 is 0 Å². The Morgan fingerprint density at radius 2 is 1.60 bits per heavy atom. The maximum Gasteiger partial charge on any atom is 0.226 e. The minimum atomic E-state index is -0.308. The second kappa shape index (κ2) is 9.92. The van der Waals surface area contributed by atoms with E-state index in [-0.39, 0.29) is 50.6 Å². The number of hydrogen-bond acceptors (Lipinski definition) is 5. The number of hydrogen-bond donors (Lipinski definition) is 2. The van der Waals surface area contributed by atoms with Crippen LogP contribution in [0.5, 0.6) is 0 Å². The molecule has 0 radical (unpaired) electrons. The van der Waals surface area contributed by atoms with Crippen molar-refractivity contribution in [1.82, 2.24) is 15.5 Å². The number of aliphatic hydroxyl groups excluding tert-OH is 1. The second-order valence-electron chi connectivity index (χ2n) is 19.0. The van der Waals surface area contributed by atoms with Gasteiger partial charge in [-0.25, -0.2) is 0 Å². The smallest absolute Gasteiger partial charge is 0.226 e. The van der Waals surface area contributed by atoms with Gasteiger partial charge in [-0.1, -0.05) is 60.6 Å². The summed E-state index contributed by atoms with van der Waals surface area (Å²) in [6.45, 7) is 25.7. The van der Waals surface area contributed by atoms with Gasteiger partial charge in [0.15, 0.2) is 0 Å². The summed E-state index contributed by atoms with van der Waals surface area (Å²) >= 11 is 0. The molecule has 45 heavy (non-hydrogen) atoms. The van der Waals surface area contributed by atoms with Crippen molar-refractivity contribution < 1.29 is 14.3 Å². The summed E-state index contributed by atoms with van der Waals surface area (Å²) in [6, 6.07) is 0.114. The van der Waals surface area contributed by atoms with Gasteiger partial charge in [-0.2, -0.15) is 0 Å². The Morgan fingerprint density at radius 1 is 0.867 bits per heavy atom. The first kappa shape index (κ1) is 31.9. The normalized spacial score (nSPS) is 49.5. The molecule has 0 aliphatic heterocycles. The topological polar surface area (TPSA) is 88.3 Å². The molecule has 1 heterocycles. The van der Waals surface area contributed by atoms with E-state index in [2.05, 4.69) is 77.5 Å². The van der Waals surface area contributed by atoms with E-state index in [0.717, 1.165) is 44.9 Å². The molecule has 0 saturated heterocycles. The molecule has 6 heteroatoms. The summed E-state index contributed by atoms with van der Waals surface area (Å²) < 4.78 is 5.82. The number of carbonyl (C=O) groups is 1. The Morgan fingerprint density at radius 3 is 2.24 bits per heavy atom. The van der Waals surface area contributed by atoms with Crippen molar-refractivity contribution in [3.8, 4) is 0 Å². The average molecular weight is 620 g/mol. The number of allylic oxidation sites excluding steroid dienone is 1. The van der Waals surface area contributed by atoms with Crippen LogP contribution in [0.25, 0.3) is 0 Å². The van der Waals surface area contributed by atoms with E-state index in [1.54, 1.807) is 0 Å². The molecule has 6 aliphatic rings. The molecule has 1 amide bonds. The van der Waals surface area contributed by atoms with Crippen molar-refractivity contribution in [3.05, 3.63) is 23.9 Å². The van der Waals surface area contributed by atoms with Crippen molar-refractivity contribution in [2.75, 3.05) is 0 Å². The fourth-order valence-electron chi connectivity index (χ4n) is 13.9. The molecule has 250 valence electrons. The second-order valence-corrected chi connectivity index (χ2v) is 19.0. The third-order valence-electron chi connectivity index (χ3n) is 16.9. The number of aliphatic hydroxyl groups is 1. The van der Waals surface area contributed by atoms with E-state index >= 15 is 0 Å². The first-order valence-electron chi connectivity index (χ1n) is 18.4. The highest BCUT2D eigenvalue weighted by molar-refractivity contribution is 5.84. The molecule has 10 unspecified atom stereocenters. The number of aromatic nitrogens is 2. The Labute approximate surface area is 272 Å². The predicted molar refractivity (Wildman–Crippen MR) is 177 cm³/mol. The summed E-state index contributed by atoms with van der Waals surface area (Å²) in [5.74, 6) is 4.35. The van der Waals surface area contributed by atoms with Crippen LogP contribution in [0.3, 0.4) is 0 Å². The first-order valence-corrected chi connectivity index (χ1v) is 18.4. The average Bonchev–Trinajstić information content (AvgIpc) is 3.57. The summed E-state index contributed by atoms with van der Waals surface area (Å²) in [6.07, 6.45) is 11.9. The number of rotatable bonds is 4. The van der Waals surface area contributed by atoms with E-state index in [1.165, 1.54) is 31.3 Å². The molecule has 2 N–H and O–H groups in total. The highest BCUT2D eigenvalue weighted by atomic mass is 16.4. The van der Waals surface area contributed by atoms with Crippen LogP contribution in [-0.4, -0.2) is 33.4 Å². The minimum Gasteiger partial charge on any atom is -0.425 e. The van der Waals surface area contributed by atoms with Crippen LogP contribution in [0.4, 0.5) is 0 Å². The summed E-state index contributed by atoms with van der Waals surface area (Å²) in [7, 11) is 0. The van der Waals surface area contributed by atoms with Gasteiger partial charge in [0.2, 0.25) is 17.7 Å². The number of aryl methyl sites for hydroxylation is 1. The lowest BCUT2D eigenvalue weighted by molar-refractivity contribution is -0.246. The van der Waals surface area contributed by atoms with Gasteiger partial charge in [0, 0.05) is 18.9 Å². The molecule has 1 aromatic heterocycles. The molecular weight excluding hydrogens is 558 g/mol. The summed E-state index contributed by atoms with van der Waals surface area (Å²) in [5.41, 5.74) is 1.53. The van der Waals surface area contributed by atoms with Crippen LogP contribution in [0.1, 0.15) is 144 Å². The van der Waals surface area contributed by atoms with E-state index in [4.69, 9.17) is 4.42 Å². The van der Waals surface area contributed by atoms with Gasteiger partial charge in [-0.05, 0) is 134 Å². The van der Waals surface area contributed by atoms with Crippen LogP contribution in [0.15, 0.2) is 16.6 Å². The van der Waals surface area contributed by atoms with Gasteiger partial charge < -0.3 is 14.8 Å². The standard InChI is InChI=1S/C39H61N3O3/c1-22(2)24-13-18-39(33(44)40-29-21-26(34(29,4)5)32-42-41-23(3)45-32)20-19-37(9)25(31(24)39)11-12-28-36(8)16-15-30(43)35(6,7)27(36)14-17-38(28,37)10/h24-31,43H,1,11-21H2,2-10H3,(H,40,44)/t24?,25?,26-,27?,28?,29-,30?,31?,36?,37?,38?,39?/m1/s1. The molecule has 0 bridgehead atoms. The molecule has 6 aliphatic carbocycles. The Balaban J connectivity index is 1.18. The van der Waals surface area contributed by atoms with E-state index in [0.29, 0.717) is 47.3 Å². The van der Waals surface area contributed by atoms with E-state index in [9.17, 15) is 9.90 Å². The van der Waals surface area contributed by atoms with Gasteiger partial charge in [0.25, 0.3) is 0 Å². The fourth-order valence-corrected chi connectivity index (χ4v) is 13.9. The van der Waals surface area contributed by atoms with Gasteiger partial charge in [0.1, 0.15) is 0 Å². The predicted octanol–water partition coefficient (Wildman–Crippen LogP) is 8.39. The van der Waals surface area contributed by atoms with Crippen LogP contribution in [0.2, 0.25) is 0 Å². The zero-order chi connectivity index (χ0) is 32.5. The van der Waals surface area contributed by atoms with Gasteiger partial charge in [0.05, 0.1) is 11.5 Å². The highest BCUT2D eigenvalue weighted by Gasteiger charge is 2.72. The van der Waals surface area contributed by atoms with Crippen LogP contribution < -0.4 is 5.32 Å². The molecule has 6 saturated carbocycles. The van der Waals surface area contributed by atoms with Crippen molar-refractivity contribution in [3.63, 3.8) is 0 Å². The largest absolute Gasteiger partial charge is 0.425 e. The zero-order valence-electron chi connectivity index (χ0n) is 29.8. The number of amides is 1. The maximum atomic E-state index is 14.8. The van der Waals surface area contributed by atoms with Gasteiger partial charge in [-0.15, -0.1) is 10.2 Å². The lowest BCUT2D eigenvalue weighted by Gasteiger charge is -2.72. The quantitative estimate of drug-likeness (QED) is 0.331. The molecule has 1 aromatic rings. The molecule has 6 nitrogen and oxygen atoms in total. The molecule has 7 rings (SSSR count).